The van der Waals surface area contributed by atoms with E-state index in [1.807, 2.05) is 35.2 Å². The molecule has 0 atom stereocenters. The van der Waals surface area contributed by atoms with Crippen LogP contribution in [-0.2, 0) is 9.59 Å². The Bertz CT molecular complexity index is 561. The predicted molar refractivity (Wildman–Crippen MR) is 95.9 cm³/mol. The summed E-state index contributed by atoms with van der Waals surface area (Å²) >= 11 is 3.39. The van der Waals surface area contributed by atoms with E-state index in [9.17, 15) is 9.59 Å². The Hall–Kier alpha value is -1.62. The zero-order valence-corrected chi connectivity index (χ0v) is 15.1. The molecule has 1 saturated heterocycles. The minimum atomic E-state index is 0.00794. The van der Waals surface area contributed by atoms with Gasteiger partial charge in [0, 0.05) is 43.1 Å². The van der Waals surface area contributed by atoms with Gasteiger partial charge in [-0.3, -0.25) is 9.59 Å². The van der Waals surface area contributed by atoms with Crippen molar-refractivity contribution in [2.45, 2.75) is 26.2 Å². The number of carbonyl (C=O) groups is 2. The van der Waals surface area contributed by atoms with Crippen molar-refractivity contribution in [2.24, 2.45) is 0 Å². The van der Waals surface area contributed by atoms with E-state index in [4.69, 9.17) is 0 Å². The largest absolute Gasteiger partial charge is 0.339 e. The summed E-state index contributed by atoms with van der Waals surface area (Å²) in [7, 11) is 0. The molecule has 0 aromatic heterocycles. The van der Waals surface area contributed by atoms with Gasteiger partial charge in [0.1, 0.15) is 0 Å². The molecule has 0 unspecified atom stereocenters. The van der Waals surface area contributed by atoms with Gasteiger partial charge in [0.25, 0.3) is 0 Å². The lowest BCUT2D eigenvalue weighted by molar-refractivity contribution is -0.137. The van der Waals surface area contributed by atoms with Crippen molar-refractivity contribution >= 4 is 33.8 Å². The average molecular weight is 379 g/mol. The van der Waals surface area contributed by atoms with Crippen molar-refractivity contribution in [1.29, 1.82) is 0 Å². The van der Waals surface area contributed by atoms with E-state index < -0.39 is 0 Å². The lowest BCUT2D eigenvalue weighted by Gasteiger charge is -2.34. The molecule has 0 spiro atoms. The van der Waals surface area contributed by atoms with E-state index in [-0.39, 0.29) is 11.8 Å². The van der Waals surface area contributed by atoms with Crippen molar-refractivity contribution in [3.05, 3.63) is 40.4 Å². The number of amides is 2. The molecule has 0 saturated carbocycles. The molecule has 0 radical (unpaired) electrons. The second-order valence-electron chi connectivity index (χ2n) is 5.69. The van der Waals surface area contributed by atoms with Gasteiger partial charge >= 0.3 is 0 Å². The number of piperazine rings is 1. The first-order valence-electron chi connectivity index (χ1n) is 8.10. The molecule has 1 aromatic rings. The van der Waals surface area contributed by atoms with Crippen LogP contribution in [0.4, 0.5) is 0 Å². The van der Waals surface area contributed by atoms with Crippen LogP contribution in [0.3, 0.4) is 0 Å². The second kappa shape index (κ2) is 8.87. The lowest BCUT2D eigenvalue weighted by Crippen LogP contribution is -2.50. The number of nitrogens with zero attached hydrogens (tertiary/aromatic N) is 2. The number of carbonyl (C=O) groups excluding carboxylic acids is 2. The van der Waals surface area contributed by atoms with Gasteiger partial charge in [-0.15, -0.1) is 0 Å². The van der Waals surface area contributed by atoms with Crippen LogP contribution in [-0.4, -0.2) is 47.8 Å². The fourth-order valence-electron chi connectivity index (χ4n) is 2.51. The van der Waals surface area contributed by atoms with E-state index in [0.29, 0.717) is 32.6 Å². The molecule has 4 nitrogen and oxygen atoms in total. The number of halogens is 1. The van der Waals surface area contributed by atoms with Gasteiger partial charge in [0.15, 0.2) is 0 Å². The normalized spacial score (nSPS) is 15.2. The van der Waals surface area contributed by atoms with Crippen molar-refractivity contribution < 1.29 is 9.59 Å². The summed E-state index contributed by atoms with van der Waals surface area (Å²) in [6, 6.07) is 7.81. The Kier molecular flexibility index (Phi) is 6.84. The van der Waals surface area contributed by atoms with Gasteiger partial charge in [-0.05, 0) is 30.2 Å². The number of hydrogen-bond acceptors (Lipinski definition) is 2. The van der Waals surface area contributed by atoms with Gasteiger partial charge in [-0.1, -0.05) is 41.4 Å². The van der Waals surface area contributed by atoms with Crippen LogP contribution in [0.5, 0.6) is 0 Å². The fraction of sp³-hybridized carbons (Fsp3) is 0.444. The molecule has 2 amide bonds. The molecule has 1 fully saturated rings. The molecule has 1 aliphatic rings. The van der Waals surface area contributed by atoms with Crippen LogP contribution in [0.25, 0.3) is 6.08 Å². The molecule has 1 heterocycles. The van der Waals surface area contributed by atoms with Gasteiger partial charge in [-0.2, -0.15) is 0 Å². The summed E-state index contributed by atoms with van der Waals surface area (Å²) in [6.45, 7) is 4.59. The van der Waals surface area contributed by atoms with Crippen LogP contribution in [0.15, 0.2) is 34.8 Å². The Morgan fingerprint density at radius 2 is 1.70 bits per heavy atom. The molecular weight excluding hydrogens is 356 g/mol. The highest BCUT2D eigenvalue weighted by atomic mass is 79.9. The smallest absolute Gasteiger partial charge is 0.246 e. The van der Waals surface area contributed by atoms with Gasteiger partial charge < -0.3 is 9.80 Å². The molecule has 2 rings (SSSR count). The third-order valence-corrected chi connectivity index (χ3v) is 4.51. The zero-order chi connectivity index (χ0) is 16.7. The van der Waals surface area contributed by atoms with E-state index >= 15 is 0 Å². The van der Waals surface area contributed by atoms with E-state index in [2.05, 4.69) is 22.9 Å². The van der Waals surface area contributed by atoms with Crippen LogP contribution in [0, 0.1) is 0 Å². The van der Waals surface area contributed by atoms with Crippen LogP contribution < -0.4 is 0 Å². The Morgan fingerprint density at radius 3 is 2.30 bits per heavy atom. The van der Waals surface area contributed by atoms with Crippen LogP contribution in [0.2, 0.25) is 0 Å². The highest BCUT2D eigenvalue weighted by molar-refractivity contribution is 9.10. The molecule has 5 heteroatoms. The lowest BCUT2D eigenvalue weighted by atomic mass is 10.2. The van der Waals surface area contributed by atoms with Crippen molar-refractivity contribution in [2.75, 3.05) is 26.2 Å². The number of benzene rings is 1. The standard InChI is InChI=1S/C18H23BrN2O2/c1-2-3-4-17(22)20-11-13-21(14-12-20)18(23)10-7-15-5-8-16(19)9-6-15/h5-10H,2-4,11-14H2,1H3/b10-7+. The van der Waals surface area contributed by atoms with E-state index in [0.717, 1.165) is 22.9 Å². The summed E-state index contributed by atoms with van der Waals surface area (Å²) in [4.78, 5) is 27.9. The Morgan fingerprint density at radius 1 is 1.09 bits per heavy atom. The number of rotatable bonds is 5. The Labute approximate surface area is 146 Å². The highest BCUT2D eigenvalue weighted by Crippen LogP contribution is 2.12. The minimum absolute atomic E-state index is 0.00794. The van der Waals surface area contributed by atoms with Crippen LogP contribution in [0.1, 0.15) is 31.7 Å². The molecule has 124 valence electrons. The summed E-state index contributed by atoms with van der Waals surface area (Å²) in [5, 5.41) is 0. The van der Waals surface area contributed by atoms with Crippen molar-refractivity contribution in [1.82, 2.24) is 9.80 Å². The molecule has 0 aliphatic carbocycles. The summed E-state index contributed by atoms with van der Waals surface area (Å²) < 4.78 is 1.02. The first-order chi connectivity index (χ1) is 11.1. The molecule has 0 bridgehead atoms. The quantitative estimate of drug-likeness (QED) is 0.737. The third kappa shape index (κ3) is 5.50. The van der Waals surface area contributed by atoms with Crippen LogP contribution >= 0.6 is 15.9 Å². The maximum atomic E-state index is 12.2. The maximum absolute atomic E-state index is 12.2. The summed E-state index contributed by atoms with van der Waals surface area (Å²) in [6.07, 6.45) is 6.03. The molecule has 1 aromatic carbocycles. The fourth-order valence-corrected chi connectivity index (χ4v) is 2.77. The van der Waals surface area contributed by atoms with E-state index in [1.165, 1.54) is 0 Å². The molecule has 23 heavy (non-hydrogen) atoms. The van der Waals surface area contributed by atoms with Crippen molar-refractivity contribution in [3.63, 3.8) is 0 Å². The third-order valence-electron chi connectivity index (χ3n) is 3.98. The topological polar surface area (TPSA) is 40.6 Å². The minimum Gasteiger partial charge on any atom is -0.339 e. The van der Waals surface area contributed by atoms with E-state index in [1.54, 1.807) is 11.0 Å². The molecule has 1 aliphatic heterocycles. The highest BCUT2D eigenvalue weighted by Gasteiger charge is 2.22. The van der Waals surface area contributed by atoms with Gasteiger partial charge in [0.2, 0.25) is 11.8 Å². The first-order valence-corrected chi connectivity index (χ1v) is 8.90. The average Bonchev–Trinajstić information content (AvgIpc) is 2.59. The zero-order valence-electron chi connectivity index (χ0n) is 13.5. The number of hydrogen-bond donors (Lipinski definition) is 0. The molecule has 0 N–H and O–H groups in total. The SMILES string of the molecule is CCCCC(=O)N1CCN(C(=O)/C=C/c2ccc(Br)cc2)CC1. The maximum Gasteiger partial charge on any atom is 0.246 e. The monoisotopic (exact) mass is 378 g/mol. The van der Waals surface area contributed by atoms with Gasteiger partial charge in [0.05, 0.1) is 0 Å². The van der Waals surface area contributed by atoms with Gasteiger partial charge in [-0.25, -0.2) is 0 Å². The predicted octanol–water partition coefficient (Wildman–Crippen LogP) is 3.32. The first kappa shape index (κ1) is 17.7. The number of unbranched alkanes of at least 4 members (excludes halogenated alkanes) is 1. The second-order valence-corrected chi connectivity index (χ2v) is 6.61. The molecular formula is C18H23BrN2O2. The van der Waals surface area contributed by atoms with Crippen molar-refractivity contribution in [3.8, 4) is 0 Å². The summed E-state index contributed by atoms with van der Waals surface area (Å²) in [5.74, 6) is 0.220. The Balaban J connectivity index is 1.81. The summed E-state index contributed by atoms with van der Waals surface area (Å²) in [5.41, 5.74) is 0.995.